The van der Waals surface area contributed by atoms with Gasteiger partial charge in [0.15, 0.2) is 0 Å². The lowest BCUT2D eigenvalue weighted by Gasteiger charge is -2.26. The monoisotopic (exact) mass is 1380 g/mol. The maximum atomic E-state index is 11.8. The summed E-state index contributed by atoms with van der Waals surface area (Å²) in [7, 11) is 0. The first-order valence-corrected chi connectivity index (χ1v) is 39.1. The Morgan fingerprint density at radius 2 is 0.778 bits per heavy atom. The van der Waals surface area contributed by atoms with Crippen molar-refractivity contribution in [3.8, 4) is 78.7 Å². The fourth-order valence-corrected chi connectivity index (χ4v) is 15.7. The second-order valence-electron chi connectivity index (χ2n) is 26.1. The smallest absolute Gasteiger partial charge is 0.335 e. The topological polar surface area (TPSA) is 103 Å². The Hall–Kier alpha value is -8.47. The highest BCUT2D eigenvalue weighted by molar-refractivity contribution is 7.23. The van der Waals surface area contributed by atoms with Crippen LogP contribution in [0, 0.1) is 11.8 Å². The van der Waals surface area contributed by atoms with E-state index in [9.17, 15) is 9.90 Å². The number of aromatic nitrogens is 2. The molecule has 514 valence electrons. The minimum absolute atomic E-state index is 0.262. The maximum absolute atomic E-state index is 11.8. The normalized spacial score (nSPS) is 11.4. The molecular formula is C87H97N3O6S3. The molecule has 8 aromatic carbocycles. The number of hydrogen-bond acceptors (Lipinski definition) is 11. The molecule has 0 bridgehead atoms. The summed E-state index contributed by atoms with van der Waals surface area (Å²) in [5.74, 6) is 9.72. The van der Waals surface area contributed by atoms with Gasteiger partial charge in [0.1, 0.15) is 34.0 Å². The van der Waals surface area contributed by atoms with Crippen molar-refractivity contribution in [2.75, 3.05) is 31.3 Å². The van der Waals surface area contributed by atoms with Crippen LogP contribution in [-0.2, 0) is 0 Å². The van der Waals surface area contributed by atoms with Gasteiger partial charge in [0.25, 0.3) is 0 Å². The van der Waals surface area contributed by atoms with Crippen LogP contribution >= 0.6 is 34.4 Å². The van der Waals surface area contributed by atoms with Crippen molar-refractivity contribution in [3.63, 3.8) is 0 Å². The molecule has 1 N–H and O–H groups in total. The van der Waals surface area contributed by atoms with Gasteiger partial charge in [-0.15, -0.1) is 22.7 Å². The van der Waals surface area contributed by atoms with Crippen molar-refractivity contribution in [2.24, 2.45) is 0 Å². The Labute approximate surface area is 599 Å². The zero-order valence-electron chi connectivity index (χ0n) is 58.5. The zero-order chi connectivity index (χ0) is 68.4. The van der Waals surface area contributed by atoms with Crippen molar-refractivity contribution in [1.82, 2.24) is 8.75 Å². The lowest BCUT2D eigenvalue weighted by atomic mass is 10.0. The fourth-order valence-electron chi connectivity index (χ4n) is 12.9. The summed E-state index contributed by atoms with van der Waals surface area (Å²) in [6, 6.07) is 59.2. The number of ether oxygens (including phenoxy) is 4. The maximum Gasteiger partial charge on any atom is 0.335 e. The summed E-state index contributed by atoms with van der Waals surface area (Å²) in [5, 5.41) is 11.7. The van der Waals surface area contributed by atoms with Crippen LogP contribution in [0.5, 0.6) is 23.0 Å². The molecule has 12 heteroatoms. The molecule has 9 nitrogen and oxygen atoms in total. The highest BCUT2D eigenvalue weighted by Gasteiger charge is 2.24. The minimum Gasteiger partial charge on any atom is -0.494 e. The zero-order valence-corrected chi connectivity index (χ0v) is 61.0. The predicted octanol–water partition coefficient (Wildman–Crippen LogP) is 26.3. The van der Waals surface area contributed by atoms with Gasteiger partial charge in [0.05, 0.1) is 63.6 Å². The van der Waals surface area contributed by atoms with E-state index in [0.29, 0.717) is 13.2 Å². The van der Waals surface area contributed by atoms with Crippen LogP contribution in [0.3, 0.4) is 0 Å². The van der Waals surface area contributed by atoms with E-state index >= 15 is 0 Å². The summed E-state index contributed by atoms with van der Waals surface area (Å²) in [4.78, 5) is 16.1. The van der Waals surface area contributed by atoms with Crippen LogP contribution in [0.2, 0.25) is 0 Å². The van der Waals surface area contributed by atoms with Crippen LogP contribution in [0.4, 0.5) is 17.1 Å². The molecule has 0 radical (unpaired) electrons. The lowest BCUT2D eigenvalue weighted by Crippen LogP contribution is -2.09. The second-order valence-corrected chi connectivity index (χ2v) is 28.7. The van der Waals surface area contributed by atoms with Gasteiger partial charge in [-0.05, 0) is 150 Å². The molecular weight excluding hydrogens is 1280 g/mol. The quantitative estimate of drug-likeness (QED) is 0.0297. The largest absolute Gasteiger partial charge is 0.494 e. The molecule has 3 aromatic heterocycles. The van der Waals surface area contributed by atoms with E-state index in [0.717, 1.165) is 177 Å². The molecule has 11 aromatic rings. The van der Waals surface area contributed by atoms with E-state index in [2.05, 4.69) is 190 Å². The number of nitrogens with zero attached hydrogens (tertiary/aromatic N) is 3. The molecule has 3 heterocycles. The Kier molecular flexibility index (Phi) is 27.3. The molecule has 0 spiro atoms. The molecule has 0 saturated heterocycles. The molecule has 0 saturated carbocycles. The molecule has 0 aliphatic rings. The molecule has 99 heavy (non-hydrogen) atoms. The van der Waals surface area contributed by atoms with Crippen LogP contribution in [0.25, 0.3) is 75.0 Å². The fraction of sp³-hybridized carbons (Fsp3) is 0.368. The second kappa shape index (κ2) is 37.6. The number of hydrogen-bond donors (Lipinski definition) is 1. The number of unbranched alkanes of at least 4 members (excludes halogenated alkanes) is 20. The van der Waals surface area contributed by atoms with Crippen LogP contribution in [0.1, 0.15) is 203 Å². The van der Waals surface area contributed by atoms with E-state index in [1.54, 1.807) is 34.8 Å². The van der Waals surface area contributed by atoms with Crippen LogP contribution < -0.4 is 23.8 Å². The third-order valence-corrected chi connectivity index (χ3v) is 21.4. The highest BCUT2D eigenvalue weighted by Crippen LogP contribution is 2.52. The van der Waals surface area contributed by atoms with Crippen LogP contribution in [0.15, 0.2) is 170 Å². The van der Waals surface area contributed by atoms with Gasteiger partial charge in [-0.1, -0.05) is 247 Å². The molecule has 0 atom stereocenters. The first kappa shape index (κ1) is 71.8. The number of carboxylic acid groups (broad SMARTS) is 1. The number of carbonyl (C=O) groups is 1. The van der Waals surface area contributed by atoms with E-state index in [1.165, 1.54) is 127 Å². The third-order valence-electron chi connectivity index (χ3n) is 18.6. The summed E-state index contributed by atoms with van der Waals surface area (Å²) >= 11 is 4.52. The molecule has 11 rings (SSSR count). The van der Waals surface area contributed by atoms with Gasteiger partial charge in [0.2, 0.25) is 0 Å². The Balaban J connectivity index is 0.864. The number of carboxylic acids is 1. The first-order chi connectivity index (χ1) is 48.8. The average molecular weight is 1380 g/mol. The summed E-state index contributed by atoms with van der Waals surface area (Å²) in [6.07, 6.45) is 28.9. The number of anilines is 3. The van der Waals surface area contributed by atoms with E-state index in [1.807, 2.05) is 12.1 Å². The van der Waals surface area contributed by atoms with Crippen molar-refractivity contribution in [3.05, 3.63) is 186 Å². The Morgan fingerprint density at radius 3 is 1.23 bits per heavy atom. The van der Waals surface area contributed by atoms with Gasteiger partial charge >= 0.3 is 5.97 Å². The van der Waals surface area contributed by atoms with Crippen molar-refractivity contribution in [2.45, 2.75) is 182 Å². The molecule has 0 fully saturated rings. The van der Waals surface area contributed by atoms with Crippen molar-refractivity contribution < 1.29 is 28.8 Å². The summed E-state index contributed by atoms with van der Waals surface area (Å²) in [5.41, 5.74) is 13.3. The SMILES string of the molecule is CCCCCCCCOc1ccc(-c2ccc(N(c3ccc(-c4ccc(OCCCCCCCC)cc4)cc3)c3ccc(-c4ccc(C#Cc5cc6c(OCCCCCCCC)c7sc(-c8ccc(C(=O)O)cc8)cc7c(OCCCCCCCC)c6s5)c5nsnc45)cc3)cc2)cc1. The standard InChI is InChI=1S/C87H97N3O6S3/c1-5-9-13-17-21-25-57-93-74-51-39-65(40-52-74)63-33-45-71(46-34-63)90(72-47-35-64(36-48-72)66-41-53-75(54-42-66)94-58-26-22-18-14-10-6-2)73-49-37-67(38-50-73)77-56-44-69(81-82(77)89-99-88-81)43-55-76-61-78-83(95-59-27-23-19-15-11-7-3)86-79(62-80(98-86)68-29-31-70(32-30-68)87(91)92)84(85(78)97-76)96-60-28-24-20-16-12-8-4/h29-42,44-54,56,61-62H,5-28,57-60H2,1-4H3,(H,91,92). The van der Waals surface area contributed by atoms with Crippen molar-refractivity contribution in [1.29, 1.82) is 0 Å². The Morgan fingerprint density at radius 1 is 0.394 bits per heavy atom. The van der Waals surface area contributed by atoms with E-state index in [4.69, 9.17) is 27.7 Å². The van der Waals surface area contributed by atoms with E-state index in [-0.39, 0.29) is 5.56 Å². The Bertz CT molecular complexity index is 4180. The average Bonchev–Trinajstić information content (AvgIpc) is 1.61. The van der Waals surface area contributed by atoms with Gasteiger partial charge in [-0.2, -0.15) is 8.75 Å². The summed E-state index contributed by atoms with van der Waals surface area (Å²) < 4.78 is 38.0. The highest BCUT2D eigenvalue weighted by atomic mass is 32.1. The first-order valence-electron chi connectivity index (χ1n) is 36.8. The number of fused-ring (bicyclic) bond motifs is 3. The molecule has 0 aliphatic heterocycles. The lowest BCUT2D eigenvalue weighted by molar-refractivity contribution is 0.0696. The summed E-state index contributed by atoms with van der Waals surface area (Å²) in [6.45, 7) is 11.7. The number of rotatable bonds is 40. The number of aromatic carboxylic acids is 1. The molecule has 0 aliphatic carbocycles. The van der Waals surface area contributed by atoms with Gasteiger partial charge in [-0.3, -0.25) is 0 Å². The molecule has 0 amide bonds. The van der Waals surface area contributed by atoms with Crippen LogP contribution in [-0.4, -0.2) is 46.3 Å². The van der Waals surface area contributed by atoms with Gasteiger partial charge in [-0.25, -0.2) is 4.79 Å². The van der Waals surface area contributed by atoms with Gasteiger partial charge < -0.3 is 29.0 Å². The van der Waals surface area contributed by atoms with Crippen molar-refractivity contribution >= 4 is 88.6 Å². The predicted molar refractivity (Wildman–Crippen MR) is 419 cm³/mol. The van der Waals surface area contributed by atoms with Gasteiger partial charge in [0, 0.05) is 38.3 Å². The van der Waals surface area contributed by atoms with E-state index < -0.39 is 5.97 Å². The number of thiophene rings is 2. The third kappa shape index (κ3) is 19.5. The molecule has 0 unspecified atom stereocenters. The minimum atomic E-state index is -0.940. The number of benzene rings is 8.